The molecule has 1 aliphatic heterocycles. The molecule has 0 aliphatic carbocycles. The van der Waals surface area contributed by atoms with Gasteiger partial charge in [-0.2, -0.15) is 0 Å². The second-order valence-corrected chi connectivity index (χ2v) is 8.81. The van der Waals surface area contributed by atoms with Gasteiger partial charge in [0.1, 0.15) is 23.0 Å². The van der Waals surface area contributed by atoms with Gasteiger partial charge in [-0.05, 0) is 53.2 Å². The van der Waals surface area contributed by atoms with Gasteiger partial charge in [0.15, 0.2) is 0 Å². The Morgan fingerprint density at radius 3 is 2.17 bits per heavy atom. The molecule has 1 unspecified atom stereocenters. The highest BCUT2D eigenvalue weighted by atomic mass is 16.7. The van der Waals surface area contributed by atoms with Crippen LogP contribution in [-0.2, 0) is 32.0 Å². The number of ether oxygens (including phenoxy) is 4. The first kappa shape index (κ1) is 22.5. The fourth-order valence-electron chi connectivity index (χ4n) is 2.90. The van der Waals surface area contributed by atoms with Crippen LogP contribution in [0.3, 0.4) is 0 Å². The van der Waals surface area contributed by atoms with Crippen molar-refractivity contribution in [3.05, 3.63) is 29.3 Å². The highest BCUT2D eigenvalue weighted by Gasteiger charge is 2.39. The lowest BCUT2D eigenvalue weighted by Crippen LogP contribution is -2.50. The molecule has 8 nitrogen and oxygen atoms in total. The van der Waals surface area contributed by atoms with E-state index < -0.39 is 35.5 Å². The maximum Gasteiger partial charge on any atom is 0.514 e. The molecule has 0 radical (unpaired) electrons. The zero-order valence-electron chi connectivity index (χ0n) is 18.0. The first-order valence-corrected chi connectivity index (χ1v) is 9.40. The molecular weight excluding hydrogens is 378 g/mol. The molecule has 0 N–H and O–H groups in total. The minimum Gasteiger partial charge on any atom is -0.467 e. The largest absolute Gasteiger partial charge is 0.514 e. The minimum absolute atomic E-state index is 0.0307. The molecular formula is C21H29NO7. The van der Waals surface area contributed by atoms with Crippen molar-refractivity contribution in [1.82, 2.24) is 4.90 Å². The van der Waals surface area contributed by atoms with E-state index in [1.165, 1.54) is 12.0 Å². The first-order chi connectivity index (χ1) is 13.3. The third-order valence-electron chi connectivity index (χ3n) is 4.03. The smallest absolute Gasteiger partial charge is 0.467 e. The lowest BCUT2D eigenvalue weighted by atomic mass is 9.93. The molecule has 1 aliphatic rings. The summed E-state index contributed by atoms with van der Waals surface area (Å²) in [6.45, 7) is 10.5. The summed E-state index contributed by atoms with van der Waals surface area (Å²) in [6, 6.07) is 4.32. The standard InChI is InChI=1S/C21H29NO7/c1-20(2,3)28-18(24)22-12-14-13(11-15(22)17(23)26-7)9-8-10-16(14)27-19(25)29-21(4,5)6/h8-10,15H,11-12H2,1-7H3. The van der Waals surface area contributed by atoms with Crippen molar-refractivity contribution in [3.63, 3.8) is 0 Å². The van der Waals surface area contributed by atoms with Crippen LogP contribution in [0.25, 0.3) is 0 Å². The summed E-state index contributed by atoms with van der Waals surface area (Å²) in [5.74, 6) is -0.270. The maximum absolute atomic E-state index is 12.7. The molecule has 160 valence electrons. The molecule has 0 saturated carbocycles. The minimum atomic E-state index is -0.843. The Labute approximate surface area is 171 Å². The number of carbonyl (C=O) groups excluding carboxylic acids is 3. The fourth-order valence-corrected chi connectivity index (χ4v) is 2.90. The molecule has 0 bridgehead atoms. The number of nitrogens with zero attached hydrogens (tertiary/aromatic N) is 1. The maximum atomic E-state index is 12.7. The molecule has 2 rings (SSSR count). The highest BCUT2D eigenvalue weighted by Crippen LogP contribution is 2.32. The van der Waals surface area contributed by atoms with Gasteiger partial charge in [-0.15, -0.1) is 0 Å². The Hall–Kier alpha value is -2.77. The van der Waals surface area contributed by atoms with Gasteiger partial charge >= 0.3 is 18.2 Å². The number of fused-ring (bicyclic) bond motifs is 1. The molecule has 1 aromatic rings. The number of hydrogen-bond acceptors (Lipinski definition) is 7. The lowest BCUT2D eigenvalue weighted by Gasteiger charge is -2.36. The van der Waals surface area contributed by atoms with Gasteiger partial charge < -0.3 is 18.9 Å². The Morgan fingerprint density at radius 2 is 1.62 bits per heavy atom. The van der Waals surface area contributed by atoms with Gasteiger partial charge in [0.05, 0.1) is 13.7 Å². The van der Waals surface area contributed by atoms with Crippen molar-refractivity contribution in [3.8, 4) is 5.75 Å². The molecule has 1 amide bonds. The highest BCUT2D eigenvalue weighted by molar-refractivity contribution is 5.83. The zero-order chi connectivity index (χ0) is 22.0. The van der Waals surface area contributed by atoms with Gasteiger partial charge in [-0.1, -0.05) is 12.1 Å². The average molecular weight is 407 g/mol. The van der Waals surface area contributed by atoms with Gasteiger partial charge in [-0.3, -0.25) is 4.90 Å². The van der Waals surface area contributed by atoms with E-state index in [4.69, 9.17) is 18.9 Å². The van der Waals surface area contributed by atoms with Crippen molar-refractivity contribution < 1.29 is 33.3 Å². The van der Waals surface area contributed by atoms with Gasteiger partial charge in [0.25, 0.3) is 0 Å². The summed E-state index contributed by atoms with van der Waals surface area (Å²) in [5, 5.41) is 0. The molecule has 0 spiro atoms. The number of rotatable bonds is 2. The number of carbonyl (C=O) groups is 3. The SMILES string of the molecule is COC(=O)C1Cc2cccc(OC(=O)OC(C)(C)C)c2CN1C(=O)OC(C)(C)C. The van der Waals surface area contributed by atoms with Crippen LogP contribution in [0.2, 0.25) is 0 Å². The third kappa shape index (κ3) is 6.10. The van der Waals surface area contributed by atoms with Crippen molar-refractivity contribution in [2.24, 2.45) is 0 Å². The van der Waals surface area contributed by atoms with Gasteiger partial charge in [-0.25, -0.2) is 14.4 Å². The summed E-state index contributed by atoms with van der Waals surface area (Å²) in [7, 11) is 1.27. The molecule has 29 heavy (non-hydrogen) atoms. The Kier molecular flexibility index (Phi) is 6.45. The molecule has 0 fully saturated rings. The topological polar surface area (TPSA) is 91.4 Å². The van der Waals surface area contributed by atoms with E-state index in [1.54, 1.807) is 53.7 Å². The van der Waals surface area contributed by atoms with Crippen LogP contribution in [0.5, 0.6) is 5.75 Å². The molecule has 0 saturated heterocycles. The normalized spacial score (nSPS) is 16.5. The first-order valence-electron chi connectivity index (χ1n) is 9.40. The van der Waals surface area contributed by atoms with E-state index in [2.05, 4.69) is 0 Å². The van der Waals surface area contributed by atoms with E-state index in [0.29, 0.717) is 5.56 Å². The van der Waals surface area contributed by atoms with Crippen LogP contribution in [0.15, 0.2) is 18.2 Å². The number of hydrogen-bond donors (Lipinski definition) is 0. The number of benzene rings is 1. The second-order valence-electron chi connectivity index (χ2n) is 8.81. The van der Waals surface area contributed by atoms with Gasteiger partial charge in [0.2, 0.25) is 0 Å². The van der Waals surface area contributed by atoms with Crippen LogP contribution in [-0.4, -0.2) is 47.5 Å². The summed E-state index contributed by atoms with van der Waals surface area (Å²) >= 11 is 0. The molecule has 1 atom stereocenters. The number of esters is 1. The van der Waals surface area contributed by atoms with Crippen LogP contribution >= 0.6 is 0 Å². The summed E-state index contributed by atoms with van der Waals surface area (Å²) in [6.07, 6.45) is -1.28. The quantitative estimate of drug-likeness (QED) is 0.418. The van der Waals surface area contributed by atoms with Crippen molar-refractivity contribution in [2.45, 2.75) is 71.8 Å². The molecule has 1 heterocycles. The van der Waals surface area contributed by atoms with Crippen LogP contribution in [0.1, 0.15) is 52.7 Å². The number of amides is 1. The van der Waals surface area contributed by atoms with E-state index in [1.807, 2.05) is 6.07 Å². The second kappa shape index (κ2) is 8.31. The van der Waals surface area contributed by atoms with Crippen LogP contribution < -0.4 is 4.74 Å². The van der Waals surface area contributed by atoms with Crippen LogP contribution in [0, 0.1) is 0 Å². The Balaban J connectivity index is 2.35. The monoisotopic (exact) mass is 407 g/mol. The fraction of sp³-hybridized carbons (Fsp3) is 0.571. The zero-order valence-corrected chi connectivity index (χ0v) is 18.0. The molecule has 0 aromatic heterocycles. The third-order valence-corrected chi connectivity index (χ3v) is 4.03. The summed E-state index contributed by atoms with van der Waals surface area (Å²) < 4.78 is 20.9. The van der Waals surface area contributed by atoms with E-state index in [-0.39, 0.29) is 18.7 Å². The molecule has 8 heteroatoms. The van der Waals surface area contributed by atoms with E-state index >= 15 is 0 Å². The predicted molar refractivity (Wildman–Crippen MR) is 105 cm³/mol. The molecule has 1 aromatic carbocycles. The van der Waals surface area contributed by atoms with Crippen molar-refractivity contribution in [2.75, 3.05) is 7.11 Å². The Bertz CT molecular complexity index is 789. The Morgan fingerprint density at radius 1 is 1.00 bits per heavy atom. The average Bonchev–Trinajstić information content (AvgIpc) is 2.57. The lowest BCUT2D eigenvalue weighted by molar-refractivity contribution is -0.147. The number of methoxy groups -OCH3 is 1. The summed E-state index contributed by atoms with van der Waals surface area (Å²) in [5.41, 5.74) is -0.0414. The van der Waals surface area contributed by atoms with Crippen molar-refractivity contribution >= 4 is 18.2 Å². The van der Waals surface area contributed by atoms with Crippen LogP contribution in [0.4, 0.5) is 9.59 Å². The van der Waals surface area contributed by atoms with E-state index in [9.17, 15) is 14.4 Å². The summed E-state index contributed by atoms with van der Waals surface area (Å²) in [4.78, 5) is 38.4. The van der Waals surface area contributed by atoms with Gasteiger partial charge in [0, 0.05) is 12.0 Å². The van der Waals surface area contributed by atoms with E-state index in [0.717, 1.165) is 5.56 Å². The van der Waals surface area contributed by atoms with Crippen molar-refractivity contribution in [1.29, 1.82) is 0 Å². The predicted octanol–water partition coefficient (Wildman–Crippen LogP) is 3.84.